The van der Waals surface area contributed by atoms with Crippen LogP contribution in [0.5, 0.6) is 0 Å². The van der Waals surface area contributed by atoms with Crippen molar-refractivity contribution in [1.82, 2.24) is 10.2 Å². The number of hydrogen-bond acceptors (Lipinski definition) is 2. The van der Waals surface area contributed by atoms with Crippen LogP contribution in [-0.4, -0.2) is 30.2 Å². The average Bonchev–Trinajstić information content (AvgIpc) is 2.56. The van der Waals surface area contributed by atoms with E-state index in [0.29, 0.717) is 25.2 Å². The molecule has 2 nitrogen and oxygen atoms in total. The van der Waals surface area contributed by atoms with Crippen molar-refractivity contribution in [2.45, 2.75) is 24.8 Å². The van der Waals surface area contributed by atoms with Gasteiger partial charge in [-0.25, -0.2) is 0 Å². The number of rotatable bonds is 3. The maximum atomic E-state index is 13.5. The zero-order valence-corrected chi connectivity index (χ0v) is 12.6. The van der Waals surface area contributed by atoms with Crippen LogP contribution in [0, 0.1) is 0 Å². The predicted octanol–water partition coefficient (Wildman–Crippen LogP) is 3.76. The Kier molecular flexibility index (Phi) is 4.68. The average molecular weight is 320 g/mol. The molecular formula is C18H19F3N2. The van der Waals surface area contributed by atoms with Gasteiger partial charge in [0.1, 0.15) is 6.04 Å². The van der Waals surface area contributed by atoms with E-state index in [-0.39, 0.29) is 0 Å². The summed E-state index contributed by atoms with van der Waals surface area (Å²) >= 11 is 0. The molecule has 1 fully saturated rings. The maximum absolute atomic E-state index is 13.5. The second-order valence-electron chi connectivity index (χ2n) is 5.79. The topological polar surface area (TPSA) is 15.3 Å². The second kappa shape index (κ2) is 6.72. The van der Waals surface area contributed by atoms with Gasteiger partial charge in [-0.15, -0.1) is 0 Å². The zero-order chi connectivity index (χ0) is 16.3. The largest absolute Gasteiger partial charge is 0.405 e. The third-order valence-electron chi connectivity index (χ3n) is 4.19. The van der Waals surface area contributed by atoms with Crippen LogP contribution in [0.1, 0.15) is 17.2 Å². The molecule has 2 aromatic rings. The SMILES string of the molecule is FC(F)(F)C1NCCN(Cc2ccccc2)C1c1ccccc1. The molecule has 0 spiro atoms. The van der Waals surface area contributed by atoms with Crippen LogP contribution in [0.15, 0.2) is 60.7 Å². The Labute approximate surface area is 133 Å². The number of alkyl halides is 3. The van der Waals surface area contributed by atoms with E-state index in [2.05, 4.69) is 5.32 Å². The first-order valence-corrected chi connectivity index (χ1v) is 7.69. The minimum absolute atomic E-state index is 0.334. The minimum Gasteiger partial charge on any atom is -0.303 e. The molecule has 1 N–H and O–H groups in total. The third-order valence-corrected chi connectivity index (χ3v) is 4.19. The molecule has 0 aromatic heterocycles. The molecule has 122 valence electrons. The molecule has 5 heteroatoms. The lowest BCUT2D eigenvalue weighted by atomic mass is 9.94. The van der Waals surface area contributed by atoms with Crippen molar-refractivity contribution < 1.29 is 13.2 Å². The Morgan fingerprint density at radius 3 is 2.17 bits per heavy atom. The quantitative estimate of drug-likeness (QED) is 0.926. The van der Waals surface area contributed by atoms with E-state index in [1.54, 1.807) is 24.3 Å². The van der Waals surface area contributed by atoms with Gasteiger partial charge in [0.05, 0.1) is 6.04 Å². The summed E-state index contributed by atoms with van der Waals surface area (Å²) in [5.74, 6) is 0. The summed E-state index contributed by atoms with van der Waals surface area (Å²) in [5.41, 5.74) is 1.72. The molecule has 0 aliphatic carbocycles. The number of nitrogens with one attached hydrogen (secondary N) is 1. The van der Waals surface area contributed by atoms with Crippen molar-refractivity contribution in [2.75, 3.05) is 13.1 Å². The van der Waals surface area contributed by atoms with Crippen molar-refractivity contribution in [2.24, 2.45) is 0 Å². The van der Waals surface area contributed by atoms with Crippen LogP contribution >= 0.6 is 0 Å². The van der Waals surface area contributed by atoms with Crippen LogP contribution in [-0.2, 0) is 6.54 Å². The van der Waals surface area contributed by atoms with Gasteiger partial charge in [0, 0.05) is 19.6 Å². The van der Waals surface area contributed by atoms with E-state index in [9.17, 15) is 13.2 Å². The summed E-state index contributed by atoms with van der Waals surface area (Å²) in [4.78, 5) is 1.92. The zero-order valence-electron chi connectivity index (χ0n) is 12.6. The van der Waals surface area contributed by atoms with E-state index in [1.165, 1.54) is 0 Å². The summed E-state index contributed by atoms with van der Waals surface area (Å²) in [7, 11) is 0. The fraction of sp³-hybridized carbons (Fsp3) is 0.333. The van der Waals surface area contributed by atoms with Gasteiger partial charge in [-0.2, -0.15) is 13.2 Å². The first-order valence-electron chi connectivity index (χ1n) is 7.69. The molecule has 0 saturated carbocycles. The maximum Gasteiger partial charge on any atom is 0.405 e. The molecule has 1 aliphatic heterocycles. The Bertz CT molecular complexity index is 613. The summed E-state index contributed by atoms with van der Waals surface area (Å²) in [6.07, 6.45) is -4.28. The van der Waals surface area contributed by atoms with Crippen LogP contribution < -0.4 is 5.32 Å². The standard InChI is InChI=1S/C18H19F3N2/c19-18(20,21)17-16(15-9-5-2-6-10-15)23(12-11-22-17)13-14-7-3-1-4-8-14/h1-10,16-17,22H,11-13H2. The summed E-state index contributed by atoms with van der Waals surface area (Å²) in [5, 5.41) is 2.66. The Balaban J connectivity index is 1.92. The number of nitrogens with zero attached hydrogens (tertiary/aromatic N) is 1. The first-order chi connectivity index (χ1) is 11.1. The normalized spacial score (nSPS) is 22.9. The fourth-order valence-corrected chi connectivity index (χ4v) is 3.17. The van der Waals surface area contributed by atoms with Gasteiger partial charge in [0.15, 0.2) is 0 Å². The molecular weight excluding hydrogens is 301 g/mol. The van der Waals surface area contributed by atoms with E-state index < -0.39 is 18.3 Å². The minimum atomic E-state index is -4.28. The van der Waals surface area contributed by atoms with E-state index >= 15 is 0 Å². The number of benzene rings is 2. The number of piperazine rings is 1. The van der Waals surface area contributed by atoms with Gasteiger partial charge in [-0.1, -0.05) is 60.7 Å². The van der Waals surface area contributed by atoms with Crippen LogP contribution in [0.3, 0.4) is 0 Å². The van der Waals surface area contributed by atoms with E-state index in [1.807, 2.05) is 41.3 Å². The van der Waals surface area contributed by atoms with Crippen molar-refractivity contribution in [1.29, 1.82) is 0 Å². The molecule has 2 unspecified atom stereocenters. The van der Waals surface area contributed by atoms with Gasteiger partial charge >= 0.3 is 6.18 Å². The van der Waals surface area contributed by atoms with Crippen molar-refractivity contribution in [3.05, 3.63) is 71.8 Å². The Morgan fingerprint density at radius 2 is 1.57 bits per heavy atom. The fourth-order valence-electron chi connectivity index (χ4n) is 3.17. The predicted molar refractivity (Wildman–Crippen MR) is 83.9 cm³/mol. The van der Waals surface area contributed by atoms with Crippen LogP contribution in [0.4, 0.5) is 13.2 Å². The highest BCUT2D eigenvalue weighted by molar-refractivity contribution is 5.23. The molecule has 2 atom stereocenters. The molecule has 3 rings (SSSR count). The molecule has 2 aromatic carbocycles. The summed E-state index contributed by atoms with van der Waals surface area (Å²) < 4.78 is 40.5. The molecule has 1 aliphatic rings. The third kappa shape index (κ3) is 3.74. The first kappa shape index (κ1) is 16.0. The lowest BCUT2D eigenvalue weighted by Crippen LogP contribution is -2.58. The smallest absolute Gasteiger partial charge is 0.303 e. The van der Waals surface area contributed by atoms with Gasteiger partial charge < -0.3 is 5.32 Å². The number of halogens is 3. The van der Waals surface area contributed by atoms with Crippen molar-refractivity contribution in [3.63, 3.8) is 0 Å². The lowest BCUT2D eigenvalue weighted by Gasteiger charge is -2.43. The van der Waals surface area contributed by atoms with Gasteiger partial charge in [-0.05, 0) is 11.1 Å². The molecule has 0 bridgehead atoms. The lowest BCUT2D eigenvalue weighted by molar-refractivity contribution is -0.179. The van der Waals surface area contributed by atoms with Gasteiger partial charge in [0.2, 0.25) is 0 Å². The van der Waals surface area contributed by atoms with Gasteiger partial charge in [0.25, 0.3) is 0 Å². The molecule has 0 radical (unpaired) electrons. The summed E-state index contributed by atoms with van der Waals surface area (Å²) in [6.45, 7) is 1.43. The second-order valence-corrected chi connectivity index (χ2v) is 5.79. The van der Waals surface area contributed by atoms with Crippen molar-refractivity contribution in [3.8, 4) is 0 Å². The van der Waals surface area contributed by atoms with E-state index in [4.69, 9.17) is 0 Å². The van der Waals surface area contributed by atoms with E-state index in [0.717, 1.165) is 5.56 Å². The monoisotopic (exact) mass is 320 g/mol. The Morgan fingerprint density at radius 1 is 0.957 bits per heavy atom. The number of hydrogen-bond donors (Lipinski definition) is 1. The summed E-state index contributed by atoms with van der Waals surface area (Å²) in [6, 6.07) is 16.3. The highest BCUT2D eigenvalue weighted by Gasteiger charge is 2.48. The Hall–Kier alpha value is -1.85. The highest BCUT2D eigenvalue weighted by Crippen LogP contribution is 2.36. The van der Waals surface area contributed by atoms with Gasteiger partial charge in [-0.3, -0.25) is 4.90 Å². The molecule has 1 heterocycles. The van der Waals surface area contributed by atoms with Crippen LogP contribution in [0.2, 0.25) is 0 Å². The molecule has 23 heavy (non-hydrogen) atoms. The molecule has 0 amide bonds. The van der Waals surface area contributed by atoms with Crippen molar-refractivity contribution >= 4 is 0 Å². The highest BCUT2D eigenvalue weighted by atomic mass is 19.4. The van der Waals surface area contributed by atoms with Crippen LogP contribution in [0.25, 0.3) is 0 Å². The molecule has 1 saturated heterocycles.